The molecule has 0 fully saturated rings. The van der Waals surface area contributed by atoms with Crippen molar-refractivity contribution in [3.05, 3.63) is 108 Å². The number of hydrogen-bond acceptors (Lipinski definition) is 19. The second-order valence-electron chi connectivity index (χ2n) is 13.7. The number of aliphatic hydroxyl groups excluding tert-OH is 3. The van der Waals surface area contributed by atoms with Gasteiger partial charge in [0, 0.05) is 48.9 Å². The summed E-state index contributed by atoms with van der Waals surface area (Å²) < 4.78 is 71.6. The first kappa shape index (κ1) is 46.6. The fraction of sp³-hybridized carbons (Fsp3) is 0.220. The molecule has 23 heteroatoms. The number of hydrogen-bond donors (Lipinski definition) is 9. The predicted molar refractivity (Wildman–Crippen MR) is 243 cm³/mol. The van der Waals surface area contributed by atoms with Gasteiger partial charge in [-0.3, -0.25) is 9.11 Å². The first-order chi connectivity index (χ1) is 30.8. The van der Waals surface area contributed by atoms with Gasteiger partial charge in [-0.1, -0.05) is 67.6 Å². The van der Waals surface area contributed by atoms with E-state index in [0.29, 0.717) is 17.9 Å². The van der Waals surface area contributed by atoms with Crippen molar-refractivity contribution in [3.8, 4) is 0 Å². The van der Waals surface area contributed by atoms with E-state index in [2.05, 4.69) is 51.2 Å². The largest absolute Gasteiger partial charge is 0.395 e. The summed E-state index contributed by atoms with van der Waals surface area (Å²) in [6.45, 7) is 2.18. The van der Waals surface area contributed by atoms with E-state index in [9.17, 15) is 41.3 Å². The van der Waals surface area contributed by atoms with Crippen LogP contribution < -0.4 is 31.1 Å². The molecule has 2 heterocycles. The van der Waals surface area contributed by atoms with Crippen LogP contribution in [0.5, 0.6) is 0 Å². The maximum absolute atomic E-state index is 12.7. The van der Waals surface area contributed by atoms with E-state index in [4.69, 9.17) is 0 Å². The molecule has 6 aromatic rings. The molecule has 0 aliphatic carbocycles. The van der Waals surface area contributed by atoms with Crippen molar-refractivity contribution in [2.75, 3.05) is 77.1 Å². The highest BCUT2D eigenvalue weighted by atomic mass is 32.2. The number of nitrogens with zero attached hydrogens (tertiary/aromatic N) is 8. The summed E-state index contributed by atoms with van der Waals surface area (Å²) in [5, 5.41) is 41.0. The van der Waals surface area contributed by atoms with Crippen LogP contribution >= 0.6 is 0 Å². The van der Waals surface area contributed by atoms with E-state index in [0.717, 1.165) is 18.6 Å². The molecule has 0 saturated heterocycles. The average molecular weight is 915 g/mol. The molecule has 0 unspecified atom stereocenters. The van der Waals surface area contributed by atoms with Gasteiger partial charge in [0.15, 0.2) is 0 Å². The zero-order chi connectivity index (χ0) is 45.7. The van der Waals surface area contributed by atoms with Crippen LogP contribution in [0.2, 0.25) is 0 Å². The van der Waals surface area contributed by atoms with Crippen molar-refractivity contribution in [1.29, 1.82) is 0 Å². The molecular formula is C41H46N12O9S2. The predicted octanol–water partition coefficient (Wildman–Crippen LogP) is 4.69. The lowest BCUT2D eigenvalue weighted by Crippen LogP contribution is -2.31. The van der Waals surface area contributed by atoms with Crippen LogP contribution in [0.4, 0.5) is 58.4 Å². The van der Waals surface area contributed by atoms with Crippen LogP contribution in [-0.2, 0) is 20.2 Å². The van der Waals surface area contributed by atoms with E-state index < -0.39 is 30.0 Å². The van der Waals surface area contributed by atoms with Crippen LogP contribution in [0.1, 0.15) is 24.5 Å². The Balaban J connectivity index is 1.31. The molecule has 6 rings (SSSR count). The Morgan fingerprint density at radius 3 is 1.16 bits per heavy atom. The standard InChI is InChI=1S/C41H46N12O9S2/c1-2-19-52(20-23-54)40-48-36(42-30-9-5-3-6-10-30)46-38(50-40)44-32-17-15-28(34(26-32)63(57,58)59)13-14-29-16-18-33(27-35(29)64(60,61)62)45-39-47-37(43-31-11-7-4-8-12-31)49-41(51-39)53(21-24-55)22-25-56/h3-18,26-27,54-56H,2,19-25H2,1H3,(H,57,58,59)(H,60,61,62)(H2,42,44,46,48,50)(H2,43,45,47,49,51)/b14-13+. The van der Waals surface area contributed by atoms with Gasteiger partial charge >= 0.3 is 0 Å². The van der Waals surface area contributed by atoms with Gasteiger partial charge in [-0.25, -0.2) is 0 Å². The van der Waals surface area contributed by atoms with Gasteiger partial charge < -0.3 is 46.4 Å². The monoisotopic (exact) mass is 914 g/mol. The fourth-order valence-corrected chi connectivity index (χ4v) is 7.60. The Morgan fingerprint density at radius 2 is 0.828 bits per heavy atom. The Morgan fingerprint density at radius 1 is 0.484 bits per heavy atom. The van der Waals surface area contributed by atoms with Crippen molar-refractivity contribution < 1.29 is 41.3 Å². The summed E-state index contributed by atoms with van der Waals surface area (Å²) in [7, 11) is -9.78. The minimum absolute atomic E-state index is 0.0169. The van der Waals surface area contributed by atoms with Crippen LogP contribution in [0.25, 0.3) is 12.2 Å². The third kappa shape index (κ3) is 12.9. The van der Waals surface area contributed by atoms with Gasteiger partial charge in [-0.05, 0) is 66.1 Å². The third-order valence-corrected chi connectivity index (χ3v) is 10.8. The zero-order valence-electron chi connectivity index (χ0n) is 34.3. The molecule has 4 aromatic carbocycles. The SMILES string of the molecule is CCCN(CCO)c1nc(Nc2ccccc2)nc(Nc2ccc(/C=C/c3ccc(Nc4nc(Nc5ccccc5)nc(N(CCO)CCO)n4)cc3S(=O)(=O)O)c(S(=O)(=O)O)c2)n1. The van der Waals surface area contributed by atoms with Gasteiger partial charge in [-0.2, -0.15) is 46.7 Å². The van der Waals surface area contributed by atoms with E-state index in [1.165, 1.54) is 41.3 Å². The highest BCUT2D eigenvalue weighted by Crippen LogP contribution is 2.29. The van der Waals surface area contributed by atoms with Crippen LogP contribution in [-0.4, -0.2) is 117 Å². The van der Waals surface area contributed by atoms with Crippen molar-refractivity contribution in [2.45, 2.75) is 23.1 Å². The maximum Gasteiger partial charge on any atom is 0.295 e. The summed E-state index contributed by atoms with van der Waals surface area (Å²) >= 11 is 0. The number of anilines is 10. The van der Waals surface area contributed by atoms with E-state index >= 15 is 0 Å². The van der Waals surface area contributed by atoms with Gasteiger partial charge in [0.1, 0.15) is 9.79 Å². The smallest absolute Gasteiger partial charge is 0.295 e. The van der Waals surface area contributed by atoms with Gasteiger partial charge in [-0.15, -0.1) is 0 Å². The third-order valence-electron chi connectivity index (χ3n) is 9.01. The molecule has 0 spiro atoms. The number of benzene rings is 4. The van der Waals surface area contributed by atoms with Crippen LogP contribution in [0, 0.1) is 0 Å². The Labute approximate surface area is 369 Å². The molecule has 0 atom stereocenters. The summed E-state index contributed by atoms with van der Waals surface area (Å²) in [6.07, 6.45) is 3.22. The van der Waals surface area contributed by atoms with Gasteiger partial charge in [0.25, 0.3) is 20.2 Å². The van der Waals surface area contributed by atoms with Crippen molar-refractivity contribution in [1.82, 2.24) is 29.9 Å². The Bertz CT molecular complexity index is 2570. The van der Waals surface area contributed by atoms with E-state index in [1.54, 1.807) is 29.2 Å². The lowest BCUT2D eigenvalue weighted by atomic mass is 10.1. The minimum Gasteiger partial charge on any atom is -0.395 e. The summed E-state index contributed by atoms with van der Waals surface area (Å²) in [5.41, 5.74) is 1.52. The van der Waals surface area contributed by atoms with E-state index in [-0.39, 0.29) is 97.6 Å². The second kappa shape index (κ2) is 21.5. The topological polar surface area (TPSA) is 301 Å². The van der Waals surface area contributed by atoms with Crippen molar-refractivity contribution in [3.63, 3.8) is 0 Å². The molecular weight excluding hydrogens is 869 g/mol. The first-order valence-corrected chi connectivity index (χ1v) is 22.6. The lowest BCUT2D eigenvalue weighted by molar-refractivity contribution is 0.280. The molecule has 0 aliphatic rings. The number of aromatic nitrogens is 6. The molecule has 0 bridgehead atoms. The second-order valence-corrected chi connectivity index (χ2v) is 16.5. The molecule has 21 nitrogen and oxygen atoms in total. The van der Waals surface area contributed by atoms with Crippen molar-refractivity contribution in [2.24, 2.45) is 0 Å². The van der Waals surface area contributed by atoms with Gasteiger partial charge in [0.2, 0.25) is 35.7 Å². The van der Waals surface area contributed by atoms with Crippen LogP contribution in [0.15, 0.2) is 107 Å². The fourth-order valence-electron chi connectivity index (χ4n) is 6.18. The number of rotatable bonds is 22. The highest BCUT2D eigenvalue weighted by Gasteiger charge is 2.20. The molecule has 64 heavy (non-hydrogen) atoms. The van der Waals surface area contributed by atoms with Crippen molar-refractivity contribution >= 4 is 90.8 Å². The molecule has 336 valence electrons. The number of nitrogens with one attached hydrogen (secondary N) is 4. The highest BCUT2D eigenvalue weighted by molar-refractivity contribution is 7.86. The van der Waals surface area contributed by atoms with Crippen LogP contribution in [0.3, 0.4) is 0 Å². The lowest BCUT2D eigenvalue weighted by Gasteiger charge is -2.22. The Kier molecular flexibility index (Phi) is 15.7. The zero-order valence-corrected chi connectivity index (χ0v) is 35.9. The number of para-hydroxylation sites is 2. The minimum atomic E-state index is -4.90. The molecule has 0 amide bonds. The maximum atomic E-state index is 12.7. The number of aliphatic hydroxyl groups is 3. The normalized spacial score (nSPS) is 11.7. The molecule has 0 saturated carbocycles. The summed E-state index contributed by atoms with van der Waals surface area (Å²) in [6, 6.07) is 26.0. The quantitative estimate of drug-likeness (QED) is 0.0329. The van der Waals surface area contributed by atoms with E-state index in [1.807, 2.05) is 43.3 Å². The Hall–Kier alpha value is -6.86. The summed E-state index contributed by atoms with van der Waals surface area (Å²) in [4.78, 5) is 28.9. The molecule has 0 radical (unpaired) electrons. The molecule has 9 N–H and O–H groups in total. The summed E-state index contributed by atoms with van der Waals surface area (Å²) in [5.74, 6) is 0.536. The average Bonchev–Trinajstić information content (AvgIpc) is 3.26. The molecule has 2 aromatic heterocycles. The molecule has 0 aliphatic heterocycles. The van der Waals surface area contributed by atoms with Gasteiger partial charge in [0.05, 0.1) is 19.8 Å². The first-order valence-electron chi connectivity index (χ1n) is 19.7.